The van der Waals surface area contributed by atoms with Gasteiger partial charge in [0.1, 0.15) is 10.6 Å². The van der Waals surface area contributed by atoms with Gasteiger partial charge in [0.05, 0.1) is 7.11 Å². The zero-order valence-electron chi connectivity index (χ0n) is 14.8. The highest BCUT2D eigenvalue weighted by Crippen LogP contribution is 2.28. The van der Waals surface area contributed by atoms with E-state index < -0.39 is 10.0 Å². The van der Waals surface area contributed by atoms with Crippen molar-refractivity contribution in [1.29, 1.82) is 0 Å². The molecule has 1 aromatic carbocycles. The van der Waals surface area contributed by atoms with E-state index in [1.54, 1.807) is 12.1 Å². The van der Waals surface area contributed by atoms with Crippen LogP contribution in [-0.2, 0) is 10.0 Å². The Labute approximate surface area is 150 Å². The van der Waals surface area contributed by atoms with Gasteiger partial charge in [0, 0.05) is 26.3 Å². The minimum absolute atomic E-state index is 0.0930. The van der Waals surface area contributed by atoms with Crippen LogP contribution in [0.1, 0.15) is 6.42 Å². The highest BCUT2D eigenvalue weighted by molar-refractivity contribution is 7.89. The van der Waals surface area contributed by atoms with Gasteiger partial charge in [0.15, 0.2) is 5.11 Å². The lowest BCUT2D eigenvalue weighted by Crippen LogP contribution is -2.31. The Hall–Kier alpha value is -1.42. The molecule has 0 heterocycles. The van der Waals surface area contributed by atoms with Crippen LogP contribution in [0.15, 0.2) is 23.1 Å². The molecule has 1 rings (SSSR count). The Balaban J connectivity index is 2.82. The molecule has 24 heavy (non-hydrogen) atoms. The van der Waals surface area contributed by atoms with Gasteiger partial charge in [0.25, 0.3) is 0 Å². The molecule has 9 heteroatoms. The van der Waals surface area contributed by atoms with E-state index in [-0.39, 0.29) is 4.90 Å². The molecule has 2 N–H and O–H groups in total. The second-order valence-corrected chi connectivity index (χ2v) is 8.22. The quantitative estimate of drug-likeness (QED) is 0.523. The standard InChI is InChI=1S/C15H26N4O3S2/c1-18(2)10-6-9-16-15(23)17-12-7-8-13(22-5)14(11-12)24(20,21)19(3)4/h7-8,11H,6,9-10H2,1-5H3,(H2,16,17,23). The molecule has 1 aromatic rings. The number of benzene rings is 1. The maximum Gasteiger partial charge on any atom is 0.246 e. The number of sulfonamides is 1. The summed E-state index contributed by atoms with van der Waals surface area (Å²) in [4.78, 5) is 2.19. The molecule has 136 valence electrons. The summed E-state index contributed by atoms with van der Waals surface area (Å²) in [5, 5.41) is 6.55. The Morgan fingerprint density at radius 2 is 1.92 bits per heavy atom. The lowest BCUT2D eigenvalue weighted by atomic mass is 10.3. The van der Waals surface area contributed by atoms with Gasteiger partial charge in [0.2, 0.25) is 10.0 Å². The normalized spacial score (nSPS) is 11.6. The van der Waals surface area contributed by atoms with Crippen LogP contribution in [0.25, 0.3) is 0 Å². The zero-order valence-corrected chi connectivity index (χ0v) is 16.4. The third kappa shape index (κ3) is 5.90. The number of rotatable bonds is 8. The van der Waals surface area contributed by atoms with Crippen molar-refractivity contribution < 1.29 is 13.2 Å². The Morgan fingerprint density at radius 3 is 2.46 bits per heavy atom. The van der Waals surface area contributed by atoms with Gasteiger partial charge in [-0.15, -0.1) is 0 Å². The molecule has 0 spiro atoms. The molecule has 7 nitrogen and oxygen atoms in total. The van der Waals surface area contributed by atoms with E-state index in [0.717, 1.165) is 23.8 Å². The maximum absolute atomic E-state index is 12.4. The number of nitrogens with zero attached hydrogens (tertiary/aromatic N) is 2. The number of anilines is 1. The third-order valence-electron chi connectivity index (χ3n) is 3.25. The smallest absolute Gasteiger partial charge is 0.246 e. The average Bonchev–Trinajstić information content (AvgIpc) is 2.51. The molecule has 0 atom stereocenters. The number of hydrogen-bond donors (Lipinski definition) is 2. The Kier molecular flexibility index (Phi) is 7.88. The molecular weight excluding hydrogens is 348 g/mol. The van der Waals surface area contributed by atoms with Crippen molar-refractivity contribution in [1.82, 2.24) is 14.5 Å². The van der Waals surface area contributed by atoms with Crippen molar-refractivity contribution in [2.75, 3.05) is 53.7 Å². The minimum atomic E-state index is -3.61. The fraction of sp³-hybridized carbons (Fsp3) is 0.533. The van der Waals surface area contributed by atoms with Crippen molar-refractivity contribution in [2.24, 2.45) is 0 Å². The highest BCUT2D eigenvalue weighted by Gasteiger charge is 2.22. The predicted molar refractivity (Wildman–Crippen MR) is 101 cm³/mol. The summed E-state index contributed by atoms with van der Waals surface area (Å²) >= 11 is 5.24. The second-order valence-electron chi connectivity index (χ2n) is 5.69. The first-order valence-electron chi connectivity index (χ1n) is 7.48. The fourth-order valence-corrected chi connectivity index (χ4v) is 3.22. The summed E-state index contributed by atoms with van der Waals surface area (Å²) in [6, 6.07) is 4.84. The molecule has 0 saturated heterocycles. The van der Waals surface area contributed by atoms with Gasteiger partial charge in [-0.2, -0.15) is 0 Å². The fourth-order valence-electron chi connectivity index (χ4n) is 1.93. The van der Waals surface area contributed by atoms with Crippen LogP contribution < -0.4 is 15.4 Å². The van der Waals surface area contributed by atoms with Crippen LogP contribution in [0.4, 0.5) is 5.69 Å². The van der Waals surface area contributed by atoms with Gasteiger partial charge in [-0.1, -0.05) is 0 Å². The zero-order chi connectivity index (χ0) is 18.3. The van der Waals surface area contributed by atoms with Crippen molar-refractivity contribution in [3.8, 4) is 5.75 Å². The van der Waals surface area contributed by atoms with Gasteiger partial charge in [-0.05, 0) is 57.5 Å². The third-order valence-corrected chi connectivity index (χ3v) is 5.33. The van der Waals surface area contributed by atoms with Crippen LogP contribution in [0.5, 0.6) is 5.75 Å². The minimum Gasteiger partial charge on any atom is -0.495 e. The summed E-state index contributed by atoms with van der Waals surface area (Å²) in [7, 11) is 4.81. The summed E-state index contributed by atoms with van der Waals surface area (Å²) < 4.78 is 31.1. The lowest BCUT2D eigenvalue weighted by molar-refractivity contribution is 0.400. The topological polar surface area (TPSA) is 73.9 Å². The molecule has 0 bridgehead atoms. The number of hydrogen-bond acceptors (Lipinski definition) is 5. The number of methoxy groups -OCH3 is 1. The SMILES string of the molecule is COc1ccc(NC(=S)NCCCN(C)C)cc1S(=O)(=O)N(C)C. The van der Waals surface area contributed by atoms with E-state index >= 15 is 0 Å². The first kappa shape index (κ1) is 20.6. The van der Waals surface area contributed by atoms with Crippen LogP contribution in [0.3, 0.4) is 0 Å². The van der Waals surface area contributed by atoms with Gasteiger partial charge >= 0.3 is 0 Å². The van der Waals surface area contributed by atoms with Crippen molar-refractivity contribution in [2.45, 2.75) is 11.3 Å². The summed E-state index contributed by atoms with van der Waals surface area (Å²) in [5.41, 5.74) is 0.585. The number of ether oxygens (including phenoxy) is 1. The van der Waals surface area contributed by atoms with E-state index in [9.17, 15) is 8.42 Å². The highest BCUT2D eigenvalue weighted by atomic mass is 32.2. The molecule has 0 aliphatic rings. The van der Waals surface area contributed by atoms with Gasteiger partial charge in [-0.25, -0.2) is 12.7 Å². The Bertz CT molecular complexity index is 661. The van der Waals surface area contributed by atoms with Crippen LogP contribution >= 0.6 is 12.2 Å². The van der Waals surface area contributed by atoms with E-state index in [0.29, 0.717) is 16.5 Å². The van der Waals surface area contributed by atoms with Gasteiger partial charge < -0.3 is 20.3 Å². The van der Waals surface area contributed by atoms with E-state index in [4.69, 9.17) is 17.0 Å². The predicted octanol–water partition coefficient (Wildman–Crippen LogP) is 1.18. The lowest BCUT2D eigenvalue weighted by Gasteiger charge is -2.17. The molecule has 0 amide bonds. The largest absolute Gasteiger partial charge is 0.495 e. The molecule has 0 radical (unpaired) electrons. The molecule has 0 aliphatic carbocycles. The number of nitrogens with one attached hydrogen (secondary N) is 2. The van der Waals surface area contributed by atoms with E-state index in [1.165, 1.54) is 27.3 Å². The molecule has 0 saturated carbocycles. The van der Waals surface area contributed by atoms with Crippen LogP contribution in [0, 0.1) is 0 Å². The molecule has 0 unspecified atom stereocenters. The monoisotopic (exact) mass is 374 g/mol. The second kappa shape index (κ2) is 9.16. The van der Waals surface area contributed by atoms with Gasteiger partial charge in [-0.3, -0.25) is 0 Å². The van der Waals surface area contributed by atoms with E-state index in [1.807, 2.05) is 14.1 Å². The van der Waals surface area contributed by atoms with Crippen molar-refractivity contribution in [3.05, 3.63) is 18.2 Å². The molecule has 0 fully saturated rings. The van der Waals surface area contributed by atoms with Crippen molar-refractivity contribution >= 4 is 33.0 Å². The van der Waals surface area contributed by atoms with Crippen LogP contribution in [-0.4, -0.2) is 71.1 Å². The summed E-state index contributed by atoms with van der Waals surface area (Å²) in [6.45, 7) is 1.70. The number of thiocarbonyl (C=S) groups is 1. The Morgan fingerprint density at radius 1 is 1.25 bits per heavy atom. The van der Waals surface area contributed by atoms with Crippen LogP contribution in [0.2, 0.25) is 0 Å². The van der Waals surface area contributed by atoms with E-state index in [2.05, 4.69) is 15.5 Å². The summed E-state index contributed by atoms with van der Waals surface area (Å²) in [6.07, 6.45) is 0.956. The maximum atomic E-state index is 12.4. The average molecular weight is 375 g/mol. The van der Waals surface area contributed by atoms with Crippen molar-refractivity contribution in [3.63, 3.8) is 0 Å². The first-order chi connectivity index (χ1) is 11.2. The molecule has 0 aromatic heterocycles. The summed E-state index contributed by atoms with van der Waals surface area (Å²) in [5.74, 6) is 0.291. The molecular formula is C15H26N4O3S2. The molecule has 0 aliphatic heterocycles. The first-order valence-corrected chi connectivity index (χ1v) is 9.33.